The van der Waals surface area contributed by atoms with Gasteiger partial charge in [0.1, 0.15) is 23.3 Å². The highest BCUT2D eigenvalue weighted by molar-refractivity contribution is 6.12. The van der Waals surface area contributed by atoms with E-state index in [1.165, 1.54) is 36.4 Å². The first-order valence-electron chi connectivity index (χ1n) is 15.8. The summed E-state index contributed by atoms with van der Waals surface area (Å²) in [7, 11) is 0. The number of para-hydroxylation sites is 2. The van der Waals surface area contributed by atoms with E-state index < -0.39 is 11.6 Å². The Balaban J connectivity index is 1.29. The molecule has 0 amide bonds. The summed E-state index contributed by atoms with van der Waals surface area (Å²) in [5, 5.41) is 3.78. The zero-order valence-corrected chi connectivity index (χ0v) is 25.8. The summed E-state index contributed by atoms with van der Waals surface area (Å²) in [6.07, 6.45) is 0. The molecule has 0 saturated heterocycles. The Hall–Kier alpha value is -6.34. The van der Waals surface area contributed by atoms with E-state index in [4.69, 9.17) is 0 Å². The van der Waals surface area contributed by atoms with Gasteiger partial charge in [-0.1, -0.05) is 36.4 Å². The predicted octanol–water partition coefficient (Wildman–Crippen LogP) is 11.9. The van der Waals surface area contributed by atoms with Crippen LogP contribution in [0.4, 0.5) is 34.6 Å². The minimum atomic E-state index is -0.706. The lowest BCUT2D eigenvalue weighted by Crippen LogP contribution is -2.12. The van der Waals surface area contributed by atoms with Gasteiger partial charge in [0.05, 0.1) is 27.8 Å². The van der Waals surface area contributed by atoms with Crippen LogP contribution in [0.1, 0.15) is 0 Å². The van der Waals surface area contributed by atoms with Crippen LogP contribution in [-0.4, -0.2) is 9.13 Å². The molecule has 0 radical (unpaired) electrons. The van der Waals surface area contributed by atoms with Gasteiger partial charge in [-0.25, -0.2) is 17.6 Å². The Bertz CT molecular complexity index is 2540. The number of aromatic nitrogens is 2. The minimum Gasteiger partial charge on any atom is -0.309 e. The Labute approximate surface area is 278 Å². The molecule has 9 aromatic rings. The van der Waals surface area contributed by atoms with Gasteiger partial charge < -0.3 is 14.0 Å². The molecule has 0 unspecified atom stereocenters. The molecule has 0 N–H and O–H groups in total. The molecule has 7 heteroatoms. The summed E-state index contributed by atoms with van der Waals surface area (Å²) in [6, 6.07) is 44.0. The fourth-order valence-corrected chi connectivity index (χ4v) is 7.03. The van der Waals surface area contributed by atoms with Gasteiger partial charge >= 0.3 is 0 Å². The third kappa shape index (κ3) is 4.65. The lowest BCUT2D eigenvalue weighted by molar-refractivity contribution is 0.584. The average Bonchev–Trinajstić information content (AvgIpc) is 3.63. The van der Waals surface area contributed by atoms with Crippen molar-refractivity contribution in [1.82, 2.24) is 9.13 Å². The van der Waals surface area contributed by atoms with Crippen LogP contribution in [0.2, 0.25) is 0 Å². The van der Waals surface area contributed by atoms with E-state index in [-0.39, 0.29) is 17.3 Å². The van der Waals surface area contributed by atoms with E-state index in [1.54, 1.807) is 29.2 Å². The van der Waals surface area contributed by atoms with Gasteiger partial charge in [0.15, 0.2) is 0 Å². The van der Waals surface area contributed by atoms with Crippen LogP contribution in [0, 0.1) is 23.3 Å². The standard InChI is InChI=1S/C42H25F4N3/c43-26-9-14-29(15-10-26)48-38-7-3-1-5-33(38)35-24-31(18-21-40(35)48)47(42-20-13-28(45)23-37(42)46)32-19-22-41-36(25-32)34-6-2-4-8-39(34)49(41)30-16-11-27(44)12-17-30/h1-25H. The highest BCUT2D eigenvalue weighted by Gasteiger charge is 2.22. The summed E-state index contributed by atoms with van der Waals surface area (Å²) >= 11 is 0. The Morgan fingerprint density at radius 3 is 1.27 bits per heavy atom. The fourth-order valence-electron chi connectivity index (χ4n) is 7.03. The molecule has 7 aromatic carbocycles. The zero-order chi connectivity index (χ0) is 33.2. The third-order valence-electron chi connectivity index (χ3n) is 9.15. The number of rotatable bonds is 5. The lowest BCUT2D eigenvalue weighted by atomic mass is 10.1. The first kappa shape index (κ1) is 28.8. The lowest BCUT2D eigenvalue weighted by Gasteiger charge is -2.26. The van der Waals surface area contributed by atoms with Gasteiger partial charge in [0.2, 0.25) is 0 Å². The van der Waals surface area contributed by atoms with Gasteiger partial charge in [-0.15, -0.1) is 0 Å². The van der Waals surface area contributed by atoms with Gasteiger partial charge in [-0.2, -0.15) is 0 Å². The summed E-state index contributed by atoms with van der Waals surface area (Å²) in [5.74, 6) is -2.01. The van der Waals surface area contributed by atoms with Crippen molar-refractivity contribution in [3.05, 3.63) is 175 Å². The number of anilines is 3. The number of halogens is 4. The van der Waals surface area contributed by atoms with Gasteiger partial charge in [-0.3, -0.25) is 0 Å². The van der Waals surface area contributed by atoms with Crippen molar-refractivity contribution in [2.75, 3.05) is 4.90 Å². The van der Waals surface area contributed by atoms with Crippen molar-refractivity contribution in [3.8, 4) is 11.4 Å². The highest BCUT2D eigenvalue weighted by atomic mass is 19.1. The molecule has 0 bridgehead atoms. The predicted molar refractivity (Wildman–Crippen MR) is 190 cm³/mol. The smallest absolute Gasteiger partial charge is 0.150 e. The van der Waals surface area contributed by atoms with Crippen molar-refractivity contribution in [1.29, 1.82) is 0 Å². The van der Waals surface area contributed by atoms with Crippen LogP contribution in [-0.2, 0) is 0 Å². The first-order valence-corrected chi connectivity index (χ1v) is 15.8. The number of fused-ring (bicyclic) bond motifs is 6. The number of hydrogen-bond acceptors (Lipinski definition) is 1. The third-order valence-corrected chi connectivity index (χ3v) is 9.15. The Morgan fingerprint density at radius 1 is 0.367 bits per heavy atom. The van der Waals surface area contributed by atoms with Crippen LogP contribution in [0.3, 0.4) is 0 Å². The van der Waals surface area contributed by atoms with Gasteiger partial charge in [0.25, 0.3) is 0 Å². The molecule has 0 aliphatic rings. The van der Waals surface area contributed by atoms with Crippen LogP contribution < -0.4 is 4.90 Å². The molecular weight excluding hydrogens is 622 g/mol. The van der Waals surface area contributed by atoms with E-state index in [0.29, 0.717) is 11.4 Å². The molecular formula is C42H25F4N3. The van der Waals surface area contributed by atoms with Crippen LogP contribution in [0.15, 0.2) is 152 Å². The van der Waals surface area contributed by atoms with Crippen molar-refractivity contribution in [2.45, 2.75) is 0 Å². The molecule has 0 spiro atoms. The van der Waals surface area contributed by atoms with E-state index >= 15 is 4.39 Å². The molecule has 0 fully saturated rings. The number of hydrogen-bond donors (Lipinski definition) is 0. The summed E-state index contributed by atoms with van der Waals surface area (Å²) < 4.78 is 61.9. The number of benzene rings is 7. The molecule has 236 valence electrons. The van der Waals surface area contributed by atoms with Crippen LogP contribution in [0.25, 0.3) is 55.0 Å². The molecule has 0 saturated carbocycles. The fraction of sp³-hybridized carbons (Fsp3) is 0. The summed E-state index contributed by atoms with van der Waals surface area (Å²) in [5.41, 5.74) is 6.82. The second kappa shape index (κ2) is 11.1. The normalized spacial score (nSPS) is 11.7. The number of nitrogens with zero attached hydrogens (tertiary/aromatic N) is 3. The van der Waals surface area contributed by atoms with Crippen molar-refractivity contribution >= 4 is 60.7 Å². The molecule has 0 atom stereocenters. The topological polar surface area (TPSA) is 13.1 Å². The van der Waals surface area contributed by atoms with Crippen molar-refractivity contribution in [2.24, 2.45) is 0 Å². The van der Waals surface area contributed by atoms with Crippen molar-refractivity contribution in [3.63, 3.8) is 0 Å². The Kier molecular flexibility index (Phi) is 6.55. The molecule has 49 heavy (non-hydrogen) atoms. The molecule has 3 nitrogen and oxygen atoms in total. The second-order valence-electron chi connectivity index (χ2n) is 12.0. The largest absolute Gasteiger partial charge is 0.309 e. The first-order chi connectivity index (χ1) is 23.9. The molecule has 0 aliphatic heterocycles. The van der Waals surface area contributed by atoms with Crippen LogP contribution in [0.5, 0.6) is 0 Å². The maximum absolute atomic E-state index is 15.8. The minimum absolute atomic E-state index is 0.185. The van der Waals surface area contributed by atoms with Crippen molar-refractivity contribution < 1.29 is 17.6 Å². The van der Waals surface area contributed by atoms with E-state index in [2.05, 4.69) is 9.13 Å². The maximum Gasteiger partial charge on any atom is 0.150 e. The molecule has 2 heterocycles. The monoisotopic (exact) mass is 647 g/mol. The second-order valence-corrected chi connectivity index (χ2v) is 12.0. The Morgan fingerprint density at radius 2 is 0.796 bits per heavy atom. The molecule has 9 rings (SSSR count). The molecule has 0 aliphatic carbocycles. The zero-order valence-electron chi connectivity index (χ0n) is 25.8. The highest BCUT2D eigenvalue weighted by Crippen LogP contribution is 2.43. The summed E-state index contributed by atoms with van der Waals surface area (Å²) in [4.78, 5) is 1.79. The summed E-state index contributed by atoms with van der Waals surface area (Å²) in [6.45, 7) is 0. The SMILES string of the molecule is Fc1ccc(-n2c3ccccc3c3cc(N(c4ccc5c(c4)c4ccccc4n5-c4ccc(F)cc4)c4ccc(F)cc4F)ccc32)cc1. The van der Waals surface area contributed by atoms with E-state index in [9.17, 15) is 13.2 Å². The molecule has 2 aromatic heterocycles. The van der Waals surface area contributed by atoms with E-state index in [1.807, 2.05) is 84.9 Å². The average molecular weight is 648 g/mol. The quantitative estimate of drug-likeness (QED) is 0.169. The van der Waals surface area contributed by atoms with Gasteiger partial charge in [0, 0.05) is 50.4 Å². The van der Waals surface area contributed by atoms with Crippen LogP contribution >= 0.6 is 0 Å². The van der Waals surface area contributed by atoms with E-state index in [0.717, 1.165) is 61.1 Å². The van der Waals surface area contributed by atoms with Gasteiger partial charge in [-0.05, 0) is 109 Å². The maximum atomic E-state index is 15.8.